The highest BCUT2D eigenvalue weighted by Gasteiger charge is 2.29. The van der Waals surface area contributed by atoms with Gasteiger partial charge in [0, 0.05) is 12.6 Å². The van der Waals surface area contributed by atoms with Crippen LogP contribution in [0.1, 0.15) is 37.0 Å². The number of amides is 2. The van der Waals surface area contributed by atoms with Gasteiger partial charge in [0.2, 0.25) is 5.91 Å². The van der Waals surface area contributed by atoms with Gasteiger partial charge in [0.15, 0.2) is 11.5 Å². The zero-order valence-corrected chi connectivity index (χ0v) is 23.9. The molecule has 3 aromatic carbocycles. The van der Waals surface area contributed by atoms with Gasteiger partial charge in [-0.2, -0.15) is 0 Å². The lowest BCUT2D eigenvalue weighted by Gasteiger charge is -2.25. The lowest BCUT2D eigenvalue weighted by molar-refractivity contribution is -0.114. The minimum atomic E-state index is -4.25. The zero-order valence-electron chi connectivity index (χ0n) is 23.1. The van der Waals surface area contributed by atoms with Crippen LogP contribution in [0.5, 0.6) is 17.2 Å². The van der Waals surface area contributed by atoms with Gasteiger partial charge in [0.05, 0.1) is 42.7 Å². The largest absolute Gasteiger partial charge is 0.494 e. The first kappa shape index (κ1) is 30.3. The second-order valence-corrected chi connectivity index (χ2v) is 10.5. The van der Waals surface area contributed by atoms with Gasteiger partial charge in [-0.15, -0.1) is 0 Å². The Bertz CT molecular complexity index is 1410. The van der Waals surface area contributed by atoms with Crippen molar-refractivity contribution in [2.75, 3.05) is 43.5 Å². The van der Waals surface area contributed by atoms with Crippen LogP contribution >= 0.6 is 0 Å². The fraction of sp³-hybridized carbons (Fsp3) is 0.310. The van der Waals surface area contributed by atoms with E-state index < -0.39 is 22.5 Å². The molecule has 3 rings (SSSR count). The SMILES string of the molecule is CCCCNC(=O)c1ccccc1NC(=O)CN(c1ccc(OCC)cc1)S(=O)(=O)c1ccc(OC)c(OC)c1. The molecule has 0 fully saturated rings. The number of nitrogens with one attached hydrogen (secondary N) is 2. The molecular formula is C29H35N3O7S. The predicted molar refractivity (Wildman–Crippen MR) is 154 cm³/mol. The fourth-order valence-corrected chi connectivity index (χ4v) is 5.32. The van der Waals surface area contributed by atoms with Crippen molar-refractivity contribution in [3.63, 3.8) is 0 Å². The van der Waals surface area contributed by atoms with E-state index in [2.05, 4.69) is 10.6 Å². The van der Waals surface area contributed by atoms with Gasteiger partial charge in [-0.3, -0.25) is 13.9 Å². The van der Waals surface area contributed by atoms with Crippen molar-refractivity contribution in [3.8, 4) is 17.2 Å². The Hall–Kier alpha value is -4.25. The highest BCUT2D eigenvalue weighted by atomic mass is 32.2. The molecule has 40 heavy (non-hydrogen) atoms. The second-order valence-electron chi connectivity index (χ2n) is 8.66. The molecule has 0 aliphatic carbocycles. The molecule has 2 N–H and O–H groups in total. The summed E-state index contributed by atoms with van der Waals surface area (Å²) < 4.78 is 44.7. The number of sulfonamides is 1. The summed E-state index contributed by atoms with van der Waals surface area (Å²) in [7, 11) is -1.40. The van der Waals surface area contributed by atoms with Crippen LogP contribution in [0.2, 0.25) is 0 Å². The highest BCUT2D eigenvalue weighted by molar-refractivity contribution is 7.92. The zero-order chi connectivity index (χ0) is 29.1. The molecule has 0 bridgehead atoms. The number of ether oxygens (including phenoxy) is 3. The topological polar surface area (TPSA) is 123 Å². The first-order valence-corrected chi connectivity index (χ1v) is 14.3. The number of unbranched alkanes of at least 4 members (excludes halogenated alkanes) is 1. The Kier molecular flexibility index (Phi) is 10.8. The van der Waals surface area contributed by atoms with Crippen LogP contribution in [0.3, 0.4) is 0 Å². The van der Waals surface area contributed by atoms with Gasteiger partial charge < -0.3 is 24.8 Å². The second kappa shape index (κ2) is 14.2. The summed E-state index contributed by atoms with van der Waals surface area (Å²) in [5, 5.41) is 5.53. The summed E-state index contributed by atoms with van der Waals surface area (Å²) in [5.41, 5.74) is 0.804. The smallest absolute Gasteiger partial charge is 0.264 e. The molecule has 0 aromatic heterocycles. The van der Waals surface area contributed by atoms with E-state index in [9.17, 15) is 18.0 Å². The normalized spacial score (nSPS) is 10.9. The summed E-state index contributed by atoms with van der Waals surface area (Å²) in [6.07, 6.45) is 1.75. The maximum atomic E-state index is 13.9. The minimum Gasteiger partial charge on any atom is -0.494 e. The summed E-state index contributed by atoms with van der Waals surface area (Å²) in [5.74, 6) is 0.183. The number of hydrogen-bond donors (Lipinski definition) is 2. The van der Waals surface area contributed by atoms with Crippen molar-refractivity contribution >= 4 is 33.2 Å². The minimum absolute atomic E-state index is 0.0949. The van der Waals surface area contributed by atoms with E-state index in [0.29, 0.717) is 24.7 Å². The van der Waals surface area contributed by atoms with E-state index in [1.54, 1.807) is 48.5 Å². The van der Waals surface area contributed by atoms with E-state index in [1.165, 1.54) is 32.4 Å². The summed E-state index contributed by atoms with van der Waals surface area (Å²) in [6.45, 7) is 4.25. The number of carbonyl (C=O) groups excluding carboxylic acids is 2. The molecule has 10 nitrogen and oxygen atoms in total. The molecule has 2 amide bonds. The van der Waals surface area contributed by atoms with E-state index in [1.807, 2.05) is 13.8 Å². The molecule has 0 aliphatic rings. The third-order valence-corrected chi connectivity index (χ3v) is 7.70. The van der Waals surface area contributed by atoms with Gasteiger partial charge in [-0.1, -0.05) is 25.5 Å². The Morgan fingerprint density at radius 1 is 0.900 bits per heavy atom. The molecule has 214 valence electrons. The summed E-state index contributed by atoms with van der Waals surface area (Å²) in [6, 6.07) is 17.1. The van der Waals surface area contributed by atoms with E-state index in [-0.39, 0.29) is 33.5 Å². The molecule has 0 radical (unpaired) electrons. The average Bonchev–Trinajstić information content (AvgIpc) is 2.96. The standard InChI is InChI=1S/C29H35N3O7S/c1-5-7-18-30-29(34)24-10-8-9-11-25(24)31-28(33)20-32(21-12-14-22(15-13-21)39-6-2)40(35,36)23-16-17-26(37-3)27(19-23)38-4/h8-17,19H,5-7,18,20H2,1-4H3,(H,30,34)(H,31,33). The van der Waals surface area contributed by atoms with Crippen LogP contribution in [-0.4, -0.2) is 54.1 Å². The van der Waals surface area contributed by atoms with Crippen LogP contribution in [-0.2, 0) is 14.8 Å². The van der Waals surface area contributed by atoms with Crippen molar-refractivity contribution in [1.82, 2.24) is 5.32 Å². The highest BCUT2D eigenvalue weighted by Crippen LogP contribution is 2.32. The van der Waals surface area contributed by atoms with Crippen molar-refractivity contribution in [2.24, 2.45) is 0 Å². The molecule has 3 aromatic rings. The Balaban J connectivity index is 1.95. The van der Waals surface area contributed by atoms with E-state index in [4.69, 9.17) is 14.2 Å². The Morgan fingerprint density at radius 3 is 2.25 bits per heavy atom. The van der Waals surface area contributed by atoms with Crippen molar-refractivity contribution in [1.29, 1.82) is 0 Å². The molecule has 0 atom stereocenters. The first-order valence-electron chi connectivity index (χ1n) is 12.9. The Morgan fingerprint density at radius 2 is 1.60 bits per heavy atom. The van der Waals surface area contributed by atoms with E-state index in [0.717, 1.165) is 17.1 Å². The first-order chi connectivity index (χ1) is 19.2. The number of anilines is 2. The predicted octanol–water partition coefficient (Wildman–Crippen LogP) is 4.47. The quantitative estimate of drug-likeness (QED) is 0.275. The molecule has 11 heteroatoms. The van der Waals surface area contributed by atoms with Crippen molar-refractivity contribution in [2.45, 2.75) is 31.6 Å². The lowest BCUT2D eigenvalue weighted by Crippen LogP contribution is -2.38. The van der Waals surface area contributed by atoms with Gasteiger partial charge in [0.25, 0.3) is 15.9 Å². The fourth-order valence-electron chi connectivity index (χ4n) is 3.88. The van der Waals surface area contributed by atoms with Gasteiger partial charge in [0.1, 0.15) is 12.3 Å². The van der Waals surface area contributed by atoms with Gasteiger partial charge in [-0.05, 0) is 61.9 Å². The monoisotopic (exact) mass is 569 g/mol. The van der Waals surface area contributed by atoms with Gasteiger partial charge in [-0.25, -0.2) is 8.42 Å². The number of para-hydroxylation sites is 1. The van der Waals surface area contributed by atoms with E-state index >= 15 is 0 Å². The number of nitrogens with zero attached hydrogens (tertiary/aromatic N) is 1. The number of hydrogen-bond acceptors (Lipinski definition) is 7. The van der Waals surface area contributed by atoms with Crippen molar-refractivity contribution in [3.05, 3.63) is 72.3 Å². The Labute approximate surface area is 235 Å². The van der Waals surface area contributed by atoms with Crippen LogP contribution < -0.4 is 29.1 Å². The van der Waals surface area contributed by atoms with Crippen LogP contribution in [0.4, 0.5) is 11.4 Å². The number of rotatable bonds is 14. The summed E-state index contributed by atoms with van der Waals surface area (Å²) in [4.78, 5) is 25.9. The third kappa shape index (κ3) is 7.44. The van der Waals surface area contributed by atoms with Crippen molar-refractivity contribution < 1.29 is 32.2 Å². The average molecular weight is 570 g/mol. The van der Waals surface area contributed by atoms with Crippen LogP contribution in [0.15, 0.2) is 71.6 Å². The molecule has 0 saturated carbocycles. The molecule has 0 saturated heterocycles. The molecule has 0 heterocycles. The number of carbonyl (C=O) groups is 2. The van der Waals surface area contributed by atoms with Crippen LogP contribution in [0, 0.1) is 0 Å². The maximum absolute atomic E-state index is 13.9. The number of benzene rings is 3. The molecule has 0 spiro atoms. The van der Waals surface area contributed by atoms with Crippen LogP contribution in [0.25, 0.3) is 0 Å². The lowest BCUT2D eigenvalue weighted by atomic mass is 10.1. The summed E-state index contributed by atoms with van der Waals surface area (Å²) >= 11 is 0. The number of methoxy groups -OCH3 is 2. The third-order valence-electron chi connectivity index (χ3n) is 5.93. The maximum Gasteiger partial charge on any atom is 0.264 e. The molecule has 0 aliphatic heterocycles. The molecule has 0 unspecified atom stereocenters. The van der Waals surface area contributed by atoms with Gasteiger partial charge >= 0.3 is 0 Å². The molecular weight excluding hydrogens is 534 g/mol.